The van der Waals surface area contributed by atoms with Crippen molar-refractivity contribution < 1.29 is 23.4 Å². The van der Waals surface area contributed by atoms with Gasteiger partial charge in [0.25, 0.3) is 0 Å². The third-order valence-electron chi connectivity index (χ3n) is 7.41. The zero-order chi connectivity index (χ0) is 28.8. The summed E-state index contributed by atoms with van der Waals surface area (Å²) in [5, 5.41) is 10.3. The van der Waals surface area contributed by atoms with Crippen LogP contribution in [-0.2, 0) is 16.0 Å². The van der Waals surface area contributed by atoms with Crippen molar-refractivity contribution >= 4 is 17.4 Å². The Labute approximate surface area is 233 Å². The Hall–Kier alpha value is -3.72. The first-order valence-corrected chi connectivity index (χ1v) is 13.7. The molecule has 0 spiro atoms. The van der Waals surface area contributed by atoms with E-state index in [1.807, 2.05) is 44.4 Å². The van der Waals surface area contributed by atoms with Crippen molar-refractivity contribution in [1.29, 1.82) is 0 Å². The quantitative estimate of drug-likeness (QED) is 0.278. The second kappa shape index (κ2) is 10.4. The molecule has 1 N–H and O–H groups in total. The van der Waals surface area contributed by atoms with Crippen molar-refractivity contribution in [2.75, 3.05) is 18.0 Å². The maximum Gasteiger partial charge on any atom is 0.337 e. The summed E-state index contributed by atoms with van der Waals surface area (Å²) >= 11 is 0. The summed E-state index contributed by atoms with van der Waals surface area (Å²) in [6.07, 6.45) is 4.80. The van der Waals surface area contributed by atoms with Crippen molar-refractivity contribution in [3.05, 3.63) is 71.0 Å². The Morgan fingerprint density at radius 2 is 1.88 bits per heavy atom. The maximum absolute atomic E-state index is 13.3. The van der Waals surface area contributed by atoms with E-state index in [1.54, 1.807) is 18.3 Å². The number of aromatic nitrogens is 3. The second-order valence-corrected chi connectivity index (χ2v) is 12.5. The average molecular weight is 549 g/mol. The SMILES string of the molecule is Cc1cc2nc(-c3ncc(Cc4ccc(F)cc4)o3)cn2c(N2CCC(C)(C)CC2)c1[C@H](OC(C)(C)C)C(=O)O. The molecule has 1 aromatic carbocycles. The minimum Gasteiger partial charge on any atom is -0.479 e. The molecule has 1 fully saturated rings. The van der Waals surface area contributed by atoms with E-state index in [-0.39, 0.29) is 11.2 Å². The van der Waals surface area contributed by atoms with Gasteiger partial charge in [-0.3, -0.25) is 4.40 Å². The van der Waals surface area contributed by atoms with Gasteiger partial charge in [0.05, 0.1) is 11.8 Å². The van der Waals surface area contributed by atoms with E-state index in [1.165, 1.54) is 12.1 Å². The smallest absolute Gasteiger partial charge is 0.337 e. The summed E-state index contributed by atoms with van der Waals surface area (Å²) in [4.78, 5) is 24.1. The molecule has 0 amide bonds. The highest BCUT2D eigenvalue weighted by atomic mass is 19.1. The van der Waals surface area contributed by atoms with Crippen LogP contribution >= 0.6 is 0 Å². The standard InChI is InChI=1S/C31H37FN4O4/c1-19-15-24-34-23(27-33-17-22(39-27)16-20-7-9-21(32)10-8-20)18-36(24)28(35-13-11-31(5,6)12-14-35)25(19)26(29(37)38)40-30(2,3)4/h7-10,15,17-18,26H,11-14,16H2,1-6H3,(H,37,38)/t26-/m0/s1. The number of imidazole rings is 1. The van der Waals surface area contributed by atoms with Gasteiger partial charge in [0, 0.05) is 31.3 Å². The van der Waals surface area contributed by atoms with Gasteiger partial charge in [-0.25, -0.2) is 19.2 Å². The Kier molecular flexibility index (Phi) is 7.20. The fourth-order valence-corrected chi connectivity index (χ4v) is 5.21. The van der Waals surface area contributed by atoms with Crippen LogP contribution in [0.4, 0.5) is 10.2 Å². The molecular formula is C31H37FN4O4. The van der Waals surface area contributed by atoms with Crippen LogP contribution in [0.5, 0.6) is 0 Å². The summed E-state index contributed by atoms with van der Waals surface area (Å²) in [5.41, 5.74) is 3.11. The van der Waals surface area contributed by atoms with Gasteiger partial charge in [0.2, 0.25) is 5.89 Å². The molecule has 1 atom stereocenters. The lowest BCUT2D eigenvalue weighted by molar-refractivity contribution is -0.160. The van der Waals surface area contributed by atoms with Crippen LogP contribution in [0.25, 0.3) is 17.2 Å². The molecule has 0 bridgehead atoms. The lowest BCUT2D eigenvalue weighted by atomic mass is 9.82. The number of rotatable bonds is 7. The normalized spacial score (nSPS) is 16.4. The van der Waals surface area contributed by atoms with Gasteiger partial charge in [-0.05, 0) is 75.3 Å². The van der Waals surface area contributed by atoms with Gasteiger partial charge in [-0.2, -0.15) is 0 Å². The molecular weight excluding hydrogens is 511 g/mol. The fraction of sp³-hybridized carbons (Fsp3) is 0.452. The zero-order valence-corrected chi connectivity index (χ0v) is 24.0. The number of fused-ring (bicyclic) bond motifs is 1. The number of ether oxygens (including phenoxy) is 1. The number of carboxylic acid groups (broad SMARTS) is 1. The largest absolute Gasteiger partial charge is 0.479 e. The Morgan fingerprint density at radius 1 is 1.20 bits per heavy atom. The fourth-order valence-electron chi connectivity index (χ4n) is 5.21. The molecule has 1 saturated heterocycles. The maximum atomic E-state index is 13.3. The Balaban J connectivity index is 1.59. The number of carboxylic acids is 1. The predicted octanol–water partition coefficient (Wildman–Crippen LogP) is 6.59. The molecule has 8 nitrogen and oxygen atoms in total. The Bertz CT molecular complexity index is 1520. The van der Waals surface area contributed by atoms with E-state index in [9.17, 15) is 14.3 Å². The number of pyridine rings is 1. The van der Waals surface area contributed by atoms with Crippen LogP contribution in [-0.4, -0.2) is 44.1 Å². The van der Waals surface area contributed by atoms with Crippen LogP contribution in [0.2, 0.25) is 0 Å². The highest BCUT2D eigenvalue weighted by Crippen LogP contribution is 2.40. The number of anilines is 1. The summed E-state index contributed by atoms with van der Waals surface area (Å²) in [7, 11) is 0. The highest BCUT2D eigenvalue weighted by Gasteiger charge is 2.35. The van der Waals surface area contributed by atoms with Crippen LogP contribution in [0.3, 0.4) is 0 Å². The van der Waals surface area contributed by atoms with E-state index in [2.05, 4.69) is 23.7 Å². The lowest BCUT2D eigenvalue weighted by Crippen LogP contribution is -2.40. The van der Waals surface area contributed by atoms with E-state index in [4.69, 9.17) is 14.1 Å². The summed E-state index contributed by atoms with van der Waals surface area (Å²) < 4.78 is 27.4. The number of aryl methyl sites for hydroxylation is 1. The molecule has 0 unspecified atom stereocenters. The lowest BCUT2D eigenvalue weighted by Gasteiger charge is -2.40. The van der Waals surface area contributed by atoms with Gasteiger partial charge >= 0.3 is 5.97 Å². The van der Waals surface area contributed by atoms with Crippen molar-refractivity contribution in [1.82, 2.24) is 14.4 Å². The molecule has 212 valence electrons. The van der Waals surface area contributed by atoms with Crippen molar-refractivity contribution in [2.24, 2.45) is 5.41 Å². The summed E-state index contributed by atoms with van der Waals surface area (Å²) in [6, 6.07) is 8.17. The van der Waals surface area contributed by atoms with Crippen molar-refractivity contribution in [2.45, 2.75) is 72.5 Å². The third kappa shape index (κ3) is 5.89. The third-order valence-corrected chi connectivity index (χ3v) is 7.41. The van der Waals surface area contributed by atoms with Crippen molar-refractivity contribution in [3.8, 4) is 11.6 Å². The van der Waals surface area contributed by atoms with Crippen LogP contribution in [0.1, 0.15) is 76.0 Å². The van der Waals surface area contributed by atoms with E-state index in [0.717, 1.165) is 42.9 Å². The number of hydrogen-bond acceptors (Lipinski definition) is 6. The molecule has 40 heavy (non-hydrogen) atoms. The molecule has 1 aliphatic rings. The van der Waals surface area contributed by atoms with Crippen LogP contribution in [0.15, 0.2) is 47.1 Å². The predicted molar refractivity (Wildman–Crippen MR) is 151 cm³/mol. The minimum absolute atomic E-state index is 0.215. The van der Waals surface area contributed by atoms with Gasteiger partial charge in [-0.15, -0.1) is 0 Å². The number of carbonyl (C=O) groups is 1. The van der Waals surface area contributed by atoms with Crippen molar-refractivity contribution in [3.63, 3.8) is 0 Å². The highest BCUT2D eigenvalue weighted by molar-refractivity contribution is 5.79. The molecule has 4 aromatic rings. The molecule has 1 aliphatic heterocycles. The monoisotopic (exact) mass is 548 g/mol. The molecule has 0 aliphatic carbocycles. The summed E-state index contributed by atoms with van der Waals surface area (Å²) in [6.45, 7) is 13.6. The number of piperidine rings is 1. The molecule has 4 heterocycles. The number of halogens is 1. The first-order chi connectivity index (χ1) is 18.8. The molecule has 3 aromatic heterocycles. The number of benzene rings is 1. The molecule has 0 saturated carbocycles. The van der Waals surface area contributed by atoms with Gasteiger partial charge in [0.15, 0.2) is 6.10 Å². The molecule has 9 heteroatoms. The second-order valence-electron chi connectivity index (χ2n) is 12.5. The zero-order valence-electron chi connectivity index (χ0n) is 24.0. The number of nitrogens with zero attached hydrogens (tertiary/aromatic N) is 4. The topological polar surface area (TPSA) is 93.1 Å². The first kappa shape index (κ1) is 27.8. The Morgan fingerprint density at radius 3 is 2.50 bits per heavy atom. The number of aliphatic carboxylic acids is 1. The first-order valence-electron chi connectivity index (χ1n) is 13.7. The van der Waals surface area contributed by atoms with Crippen LogP contribution < -0.4 is 4.90 Å². The molecule has 0 radical (unpaired) electrons. The van der Waals surface area contributed by atoms with Gasteiger partial charge in [0.1, 0.15) is 28.7 Å². The van der Waals surface area contributed by atoms with E-state index in [0.29, 0.717) is 35.0 Å². The number of oxazole rings is 1. The van der Waals surface area contributed by atoms with E-state index < -0.39 is 17.7 Å². The minimum atomic E-state index is -1.15. The molecule has 5 rings (SSSR count). The average Bonchev–Trinajstić information content (AvgIpc) is 3.50. The van der Waals surface area contributed by atoms with Crippen LogP contribution in [0, 0.1) is 18.2 Å². The van der Waals surface area contributed by atoms with E-state index >= 15 is 0 Å². The summed E-state index contributed by atoms with van der Waals surface area (Å²) in [5.74, 6) is 0.464. The van der Waals surface area contributed by atoms with Gasteiger partial charge < -0.3 is 19.2 Å². The van der Waals surface area contributed by atoms with Gasteiger partial charge in [-0.1, -0.05) is 26.0 Å². The number of hydrogen-bond donors (Lipinski definition) is 1.